The first-order valence-corrected chi connectivity index (χ1v) is 14.2. The van der Waals surface area contributed by atoms with E-state index in [0.717, 1.165) is 6.07 Å². The number of primary amides is 1. The minimum atomic E-state index is -4.89. The lowest BCUT2D eigenvalue weighted by molar-refractivity contribution is -0.214. The van der Waals surface area contributed by atoms with Crippen molar-refractivity contribution in [2.45, 2.75) is 32.1 Å². The van der Waals surface area contributed by atoms with Gasteiger partial charge in [0.05, 0.1) is 29.4 Å². The van der Waals surface area contributed by atoms with Crippen LogP contribution in [0, 0.1) is 11.6 Å². The first-order chi connectivity index (χ1) is 19.4. The van der Waals surface area contributed by atoms with Crippen LogP contribution in [0.4, 0.5) is 33.3 Å². The monoisotopic (exact) mass is 645 g/mol. The summed E-state index contributed by atoms with van der Waals surface area (Å²) < 4.78 is 75.7. The molecule has 0 spiro atoms. The largest absolute Gasteiger partial charge is 1.00 e. The lowest BCUT2D eigenvalue weighted by atomic mass is 10.1. The van der Waals surface area contributed by atoms with Gasteiger partial charge >= 0.3 is 7.60 Å². The van der Waals surface area contributed by atoms with Crippen molar-refractivity contribution in [3.05, 3.63) is 58.1 Å². The van der Waals surface area contributed by atoms with Crippen LogP contribution in [0.2, 0.25) is 5.02 Å². The summed E-state index contributed by atoms with van der Waals surface area (Å²) >= 11 is 6.13. The van der Waals surface area contributed by atoms with E-state index in [-0.39, 0.29) is 20.1 Å². The van der Waals surface area contributed by atoms with Gasteiger partial charge in [0.25, 0.3) is 13.7 Å². The van der Waals surface area contributed by atoms with E-state index < -0.39 is 55.5 Å². The van der Waals surface area contributed by atoms with Crippen molar-refractivity contribution >= 4 is 42.6 Å². The molecule has 11 nitrogen and oxygen atoms in total. The van der Waals surface area contributed by atoms with Gasteiger partial charge in [-0.05, 0) is 31.2 Å². The first-order valence-electron chi connectivity index (χ1n) is 12.3. The van der Waals surface area contributed by atoms with Crippen LogP contribution in [-0.4, -0.2) is 71.4 Å². The summed E-state index contributed by atoms with van der Waals surface area (Å²) in [5, 5.41) is 5.61. The molecule has 0 radical (unpaired) electrons. The number of carbonyl (C=O) groups excluding carboxylic acids is 2. The molecule has 0 aromatic heterocycles. The molecule has 0 bridgehead atoms. The van der Waals surface area contributed by atoms with Crippen LogP contribution in [0.25, 0.3) is 0 Å². The van der Waals surface area contributed by atoms with Crippen molar-refractivity contribution in [1.29, 1.82) is 0 Å². The van der Waals surface area contributed by atoms with Gasteiger partial charge in [0.2, 0.25) is 5.91 Å². The van der Waals surface area contributed by atoms with Gasteiger partial charge in [-0.15, -0.1) is 0 Å². The number of hydrogen-bond donors (Lipinski definition) is 5. The summed E-state index contributed by atoms with van der Waals surface area (Å²) in [7, 11) is -4.89. The maximum atomic E-state index is 14.7. The van der Waals surface area contributed by atoms with E-state index in [9.17, 15) is 31.5 Å². The van der Waals surface area contributed by atoms with Crippen LogP contribution in [-0.2, 0) is 15.9 Å². The highest BCUT2D eigenvalue weighted by Gasteiger charge is 2.29. The van der Waals surface area contributed by atoms with E-state index in [2.05, 4.69) is 10.6 Å². The minimum absolute atomic E-state index is 0. The van der Waals surface area contributed by atoms with Gasteiger partial charge in [-0.25, -0.2) is 8.78 Å². The van der Waals surface area contributed by atoms with E-state index in [4.69, 9.17) is 36.6 Å². The molecule has 234 valence electrons. The fraction of sp³-hybridized carbons (Fsp3) is 0.417. The van der Waals surface area contributed by atoms with Gasteiger partial charge in [-0.2, -0.15) is 13.2 Å². The molecule has 18 heteroatoms. The van der Waals surface area contributed by atoms with E-state index >= 15 is 0 Å². The van der Waals surface area contributed by atoms with Gasteiger partial charge in [0.1, 0.15) is 0 Å². The molecule has 0 unspecified atom stereocenters. The molecular weight excluding hydrogens is 616 g/mol. The van der Waals surface area contributed by atoms with Crippen LogP contribution in [0.1, 0.15) is 30.7 Å². The molecule has 6 N–H and O–H groups in total. The van der Waals surface area contributed by atoms with Gasteiger partial charge in [-0.1, -0.05) is 17.7 Å². The molecule has 2 amide bonds. The summed E-state index contributed by atoms with van der Waals surface area (Å²) in [5.41, 5.74) is 5.33. The van der Waals surface area contributed by atoms with Crippen molar-refractivity contribution in [1.82, 2.24) is 10.2 Å². The topological polar surface area (TPSA) is 171 Å². The predicted octanol–water partition coefficient (Wildman–Crippen LogP) is 2.46. The number of piperazine rings is 1. The number of amides is 2. The van der Waals surface area contributed by atoms with Gasteiger partial charge < -0.3 is 35.9 Å². The third-order valence-electron chi connectivity index (χ3n) is 6.06. The summed E-state index contributed by atoms with van der Waals surface area (Å²) in [6, 6.07) is 6.23. The maximum Gasteiger partial charge on any atom is 1.00 e. The van der Waals surface area contributed by atoms with Crippen LogP contribution >= 0.6 is 19.4 Å². The smallest absolute Gasteiger partial charge is 0.756 e. The average Bonchev–Trinajstić information content (AvgIpc) is 2.88. The second-order valence-corrected chi connectivity index (χ2v) is 10.6. The molecule has 2 aromatic rings. The van der Waals surface area contributed by atoms with Gasteiger partial charge in [0, 0.05) is 49.9 Å². The number of alkyl halides is 3. The van der Waals surface area contributed by atoms with Crippen LogP contribution in [0.5, 0.6) is 0 Å². The Bertz CT molecular complexity index is 1310. The summed E-state index contributed by atoms with van der Waals surface area (Å²) in [4.78, 5) is 50.4. The number of anilines is 2. The Balaban J connectivity index is 0.00000142. The third-order valence-corrected chi connectivity index (χ3v) is 6.30. The number of benzene rings is 2. The van der Waals surface area contributed by atoms with Crippen molar-refractivity contribution in [3.8, 4) is 0 Å². The number of hydrogen-bond acceptors (Lipinski definition) is 7. The Morgan fingerprint density at radius 2 is 1.74 bits per heavy atom. The van der Waals surface area contributed by atoms with Gasteiger partial charge in [-0.3, -0.25) is 19.1 Å². The summed E-state index contributed by atoms with van der Waals surface area (Å²) in [6.45, 7) is 2.72. The molecule has 1 atom stereocenters. The molecule has 1 saturated heterocycles. The molecule has 0 saturated carbocycles. The average molecular weight is 646 g/mol. The number of nitrogens with zero attached hydrogens (tertiary/aromatic N) is 2. The molecular formula is C24H30ClF5N5O6P. The molecule has 0 aliphatic carbocycles. The fourth-order valence-electron chi connectivity index (χ4n) is 3.82. The number of halogens is 6. The number of phosphoric acid groups is 1. The molecule has 3 rings (SSSR count). The second-order valence-electron chi connectivity index (χ2n) is 9.21. The predicted molar refractivity (Wildman–Crippen MR) is 144 cm³/mol. The number of carbonyl (C=O) groups is 2. The SMILES string of the molecule is C[C@@H](NCc1ccc(C(=O)Nc2ccc(Cl)cc2N2CCN(CCC(F)(F)F)CC2)c(F)c1F)C(N)=O.O=P([O-])(O)O.[H+]. The Kier molecular flexibility index (Phi) is 12.7. The van der Waals surface area contributed by atoms with Crippen molar-refractivity contribution in [2.75, 3.05) is 42.9 Å². The van der Waals surface area contributed by atoms with E-state index in [1.54, 1.807) is 11.0 Å². The van der Waals surface area contributed by atoms with Crippen LogP contribution in [0.15, 0.2) is 30.3 Å². The van der Waals surface area contributed by atoms with E-state index in [0.29, 0.717) is 42.6 Å². The zero-order valence-electron chi connectivity index (χ0n) is 23.1. The number of rotatable bonds is 9. The Labute approximate surface area is 244 Å². The molecule has 1 heterocycles. The Morgan fingerprint density at radius 3 is 2.29 bits per heavy atom. The normalized spacial score (nSPS) is 15.0. The van der Waals surface area contributed by atoms with Crippen molar-refractivity contribution in [2.24, 2.45) is 5.73 Å². The van der Waals surface area contributed by atoms with Crippen LogP contribution in [0.3, 0.4) is 0 Å². The molecule has 1 aliphatic rings. The summed E-state index contributed by atoms with van der Waals surface area (Å²) in [6.07, 6.45) is -5.13. The third kappa shape index (κ3) is 11.8. The van der Waals surface area contributed by atoms with Crippen molar-refractivity contribution in [3.63, 3.8) is 0 Å². The van der Waals surface area contributed by atoms with Crippen LogP contribution < -0.4 is 26.2 Å². The fourth-order valence-corrected chi connectivity index (χ4v) is 3.99. The highest BCUT2D eigenvalue weighted by atomic mass is 35.5. The highest BCUT2D eigenvalue weighted by Crippen LogP contribution is 2.31. The van der Waals surface area contributed by atoms with Crippen molar-refractivity contribution < 1.29 is 52.2 Å². The minimum Gasteiger partial charge on any atom is -0.756 e. The zero-order chi connectivity index (χ0) is 31.8. The maximum absolute atomic E-state index is 14.7. The van der Waals surface area contributed by atoms with E-state index in [1.807, 2.05) is 4.90 Å². The second kappa shape index (κ2) is 15.0. The zero-order valence-corrected chi connectivity index (χ0v) is 23.8. The Morgan fingerprint density at radius 1 is 1.14 bits per heavy atom. The lowest BCUT2D eigenvalue weighted by Crippen LogP contribution is -2.47. The number of nitrogens with two attached hydrogens (primary N) is 1. The first kappa shape index (κ1) is 35.3. The van der Waals surface area contributed by atoms with Gasteiger partial charge in [0.15, 0.2) is 11.6 Å². The molecule has 2 aromatic carbocycles. The standard InChI is InChI=1S/C24H27ClF5N5O2.H3O4P/c1-14(22(31)36)32-13-15-2-4-17(21(27)20(15)26)23(37)33-18-5-3-16(25)12-19(18)35-10-8-34(9-11-35)7-6-24(28,29)30;1-5(2,3)4/h2-5,12,14,32H,6-11,13H2,1H3,(H2,31,36)(H,33,37);(H3,1,2,3,4)/t14-;/m1./s1. The Hall–Kier alpha value is -2.85. The molecule has 1 fully saturated rings. The quantitative estimate of drug-likeness (QED) is 0.203. The number of nitrogens with one attached hydrogen (secondary N) is 2. The highest BCUT2D eigenvalue weighted by molar-refractivity contribution is 7.43. The molecule has 1 aliphatic heterocycles. The van der Waals surface area contributed by atoms with E-state index in [1.165, 1.54) is 25.1 Å². The molecule has 42 heavy (non-hydrogen) atoms. The lowest BCUT2D eigenvalue weighted by Gasteiger charge is -2.37. The summed E-state index contributed by atoms with van der Waals surface area (Å²) in [5.74, 6) is -4.13.